The normalized spacial score (nSPS) is 10.1. The van der Waals surface area contributed by atoms with Gasteiger partial charge in [0.25, 0.3) is 5.56 Å². The first-order valence-electron chi connectivity index (χ1n) is 5.43. The van der Waals surface area contributed by atoms with Gasteiger partial charge in [-0.15, -0.1) is 0 Å². The van der Waals surface area contributed by atoms with Gasteiger partial charge in [-0.05, 0) is 49.2 Å². The molecule has 0 aliphatic heterocycles. The zero-order valence-corrected chi connectivity index (χ0v) is 10.8. The predicted octanol–water partition coefficient (Wildman–Crippen LogP) is 2.98. The van der Waals surface area contributed by atoms with Crippen molar-refractivity contribution < 1.29 is 0 Å². The molecule has 18 heavy (non-hydrogen) atoms. The molecule has 0 aliphatic rings. The van der Waals surface area contributed by atoms with E-state index >= 15 is 0 Å². The summed E-state index contributed by atoms with van der Waals surface area (Å²) in [6.07, 6.45) is 1.68. The van der Waals surface area contributed by atoms with E-state index in [4.69, 9.17) is 16.9 Å². The average Bonchev–Trinajstić information content (AvgIpc) is 2.31. The van der Waals surface area contributed by atoms with Crippen molar-refractivity contribution in [2.75, 3.05) is 0 Å². The summed E-state index contributed by atoms with van der Waals surface area (Å²) >= 11 is 5.89. The molecule has 0 amide bonds. The molecule has 0 spiro atoms. The molecular formula is C14H11ClN2O. The quantitative estimate of drug-likeness (QED) is 0.789. The molecule has 1 heterocycles. The third kappa shape index (κ3) is 2.03. The SMILES string of the molecule is Cc1cc(Cl)ccc1-n1ccc(C)c(C#N)c1=O. The van der Waals surface area contributed by atoms with Crippen molar-refractivity contribution in [2.24, 2.45) is 0 Å². The fourth-order valence-corrected chi connectivity index (χ4v) is 2.07. The highest BCUT2D eigenvalue weighted by Crippen LogP contribution is 2.18. The minimum Gasteiger partial charge on any atom is -0.283 e. The lowest BCUT2D eigenvalue weighted by Crippen LogP contribution is -2.22. The van der Waals surface area contributed by atoms with Gasteiger partial charge in [0.2, 0.25) is 0 Å². The van der Waals surface area contributed by atoms with Gasteiger partial charge in [-0.3, -0.25) is 9.36 Å². The molecule has 0 radical (unpaired) electrons. The number of aromatic nitrogens is 1. The molecule has 0 N–H and O–H groups in total. The highest BCUT2D eigenvalue weighted by atomic mass is 35.5. The Bertz CT molecular complexity index is 711. The van der Waals surface area contributed by atoms with E-state index in [0.29, 0.717) is 10.6 Å². The van der Waals surface area contributed by atoms with Crippen molar-refractivity contribution in [1.82, 2.24) is 4.57 Å². The number of pyridine rings is 1. The smallest absolute Gasteiger partial charge is 0.273 e. The zero-order chi connectivity index (χ0) is 13.3. The molecule has 0 unspecified atom stereocenters. The van der Waals surface area contributed by atoms with Crippen LogP contribution in [-0.4, -0.2) is 4.57 Å². The summed E-state index contributed by atoms with van der Waals surface area (Å²) in [6.45, 7) is 3.62. The molecule has 2 rings (SSSR count). The summed E-state index contributed by atoms with van der Waals surface area (Å²) in [4.78, 5) is 12.2. The van der Waals surface area contributed by atoms with Crippen LogP contribution in [0.4, 0.5) is 0 Å². The molecule has 4 heteroatoms. The van der Waals surface area contributed by atoms with Gasteiger partial charge in [0, 0.05) is 11.2 Å². The van der Waals surface area contributed by atoms with E-state index in [9.17, 15) is 4.79 Å². The molecule has 0 fully saturated rings. The van der Waals surface area contributed by atoms with Crippen molar-refractivity contribution in [3.8, 4) is 11.8 Å². The number of hydrogen-bond donors (Lipinski definition) is 0. The summed E-state index contributed by atoms with van der Waals surface area (Å²) in [7, 11) is 0. The van der Waals surface area contributed by atoms with Crippen molar-refractivity contribution in [3.05, 3.63) is 62.5 Å². The van der Waals surface area contributed by atoms with Gasteiger partial charge >= 0.3 is 0 Å². The first-order valence-corrected chi connectivity index (χ1v) is 5.81. The molecule has 90 valence electrons. The summed E-state index contributed by atoms with van der Waals surface area (Å²) < 4.78 is 1.47. The minimum absolute atomic E-state index is 0.173. The van der Waals surface area contributed by atoms with Gasteiger partial charge in [0.05, 0.1) is 5.69 Å². The lowest BCUT2D eigenvalue weighted by molar-refractivity contribution is 0.962. The summed E-state index contributed by atoms with van der Waals surface area (Å²) in [5, 5.41) is 9.62. The second-order valence-corrected chi connectivity index (χ2v) is 4.53. The van der Waals surface area contributed by atoms with Gasteiger partial charge in [0.15, 0.2) is 0 Å². The number of benzene rings is 1. The Labute approximate surface area is 110 Å². The third-order valence-electron chi connectivity index (χ3n) is 2.83. The number of hydrogen-bond acceptors (Lipinski definition) is 2. The Morgan fingerprint density at radius 3 is 2.56 bits per heavy atom. The van der Waals surface area contributed by atoms with Crippen LogP contribution in [0.15, 0.2) is 35.3 Å². The fraction of sp³-hybridized carbons (Fsp3) is 0.143. The van der Waals surface area contributed by atoms with Crippen LogP contribution in [0, 0.1) is 25.2 Å². The molecule has 3 nitrogen and oxygen atoms in total. The lowest BCUT2D eigenvalue weighted by atomic mass is 10.1. The first kappa shape index (κ1) is 12.4. The van der Waals surface area contributed by atoms with E-state index in [1.807, 2.05) is 13.0 Å². The van der Waals surface area contributed by atoms with Crippen LogP contribution in [0.1, 0.15) is 16.7 Å². The van der Waals surface area contributed by atoms with Crippen molar-refractivity contribution in [1.29, 1.82) is 5.26 Å². The molecule has 1 aromatic carbocycles. The molecule has 0 aliphatic carbocycles. The minimum atomic E-state index is -0.303. The first-order chi connectivity index (χ1) is 8.54. The number of nitriles is 1. The van der Waals surface area contributed by atoms with Gasteiger partial charge < -0.3 is 0 Å². The van der Waals surface area contributed by atoms with Crippen molar-refractivity contribution in [2.45, 2.75) is 13.8 Å². The summed E-state index contributed by atoms with van der Waals surface area (Å²) in [6, 6.07) is 8.99. The molecule has 0 atom stereocenters. The predicted molar refractivity (Wildman–Crippen MR) is 71.2 cm³/mol. The van der Waals surface area contributed by atoms with E-state index in [2.05, 4.69) is 0 Å². The number of aryl methyl sites for hydroxylation is 2. The van der Waals surface area contributed by atoms with Gasteiger partial charge in [0.1, 0.15) is 11.6 Å². The van der Waals surface area contributed by atoms with Crippen LogP contribution >= 0.6 is 11.6 Å². The van der Waals surface area contributed by atoms with Crippen molar-refractivity contribution in [3.63, 3.8) is 0 Å². The molecule has 1 aromatic heterocycles. The third-order valence-corrected chi connectivity index (χ3v) is 3.07. The zero-order valence-electron chi connectivity index (χ0n) is 10.1. The Balaban J connectivity index is 2.74. The average molecular weight is 259 g/mol. The maximum absolute atomic E-state index is 12.2. The highest BCUT2D eigenvalue weighted by Gasteiger charge is 2.09. The number of nitrogens with zero attached hydrogens (tertiary/aromatic N) is 2. The van der Waals surface area contributed by atoms with Crippen LogP contribution in [0.3, 0.4) is 0 Å². The van der Waals surface area contributed by atoms with Crippen LogP contribution in [0.25, 0.3) is 5.69 Å². The molecular weight excluding hydrogens is 248 g/mol. The largest absolute Gasteiger partial charge is 0.283 e. The van der Waals surface area contributed by atoms with Crippen LogP contribution < -0.4 is 5.56 Å². The Kier molecular flexibility index (Phi) is 3.22. The second kappa shape index (κ2) is 4.67. The fourth-order valence-electron chi connectivity index (χ4n) is 1.84. The standard InChI is InChI=1S/C14H11ClN2O/c1-9-5-6-17(14(18)12(9)8-16)13-4-3-11(15)7-10(13)2/h3-7H,1-2H3. The Hall–Kier alpha value is -2.05. The lowest BCUT2D eigenvalue weighted by Gasteiger charge is -2.10. The maximum Gasteiger partial charge on any atom is 0.273 e. The topological polar surface area (TPSA) is 45.8 Å². The maximum atomic E-state index is 12.2. The Morgan fingerprint density at radius 2 is 1.94 bits per heavy atom. The van der Waals surface area contributed by atoms with Crippen LogP contribution in [0.2, 0.25) is 5.02 Å². The summed E-state index contributed by atoms with van der Waals surface area (Å²) in [5.41, 5.74) is 2.18. The van der Waals surface area contributed by atoms with E-state index < -0.39 is 0 Å². The van der Waals surface area contributed by atoms with E-state index in [-0.39, 0.29) is 11.1 Å². The van der Waals surface area contributed by atoms with E-state index in [1.165, 1.54) is 4.57 Å². The van der Waals surface area contributed by atoms with E-state index in [1.54, 1.807) is 37.4 Å². The van der Waals surface area contributed by atoms with Crippen LogP contribution in [0.5, 0.6) is 0 Å². The van der Waals surface area contributed by atoms with Crippen molar-refractivity contribution >= 4 is 11.6 Å². The Morgan fingerprint density at radius 1 is 1.22 bits per heavy atom. The van der Waals surface area contributed by atoms with Gasteiger partial charge in [-0.1, -0.05) is 11.6 Å². The number of rotatable bonds is 1. The monoisotopic (exact) mass is 258 g/mol. The molecule has 0 saturated carbocycles. The summed E-state index contributed by atoms with van der Waals surface area (Å²) in [5.74, 6) is 0. The van der Waals surface area contributed by atoms with Gasteiger partial charge in [-0.2, -0.15) is 5.26 Å². The van der Waals surface area contributed by atoms with Crippen LogP contribution in [-0.2, 0) is 0 Å². The van der Waals surface area contributed by atoms with E-state index in [0.717, 1.165) is 11.3 Å². The highest BCUT2D eigenvalue weighted by molar-refractivity contribution is 6.30. The molecule has 0 saturated heterocycles. The van der Waals surface area contributed by atoms with Gasteiger partial charge in [-0.25, -0.2) is 0 Å². The molecule has 2 aromatic rings. The second-order valence-electron chi connectivity index (χ2n) is 4.09. The molecule has 0 bridgehead atoms. The number of halogens is 1.